The first kappa shape index (κ1) is 22.0. The maximum Gasteiger partial charge on any atom is 0.328 e. The summed E-state index contributed by atoms with van der Waals surface area (Å²) in [5, 5.41) is 0. The second-order valence-electron chi connectivity index (χ2n) is 8.05. The Labute approximate surface area is 185 Å². The van der Waals surface area contributed by atoms with Crippen LogP contribution < -0.4 is 20.7 Å². The molecule has 1 aromatic heterocycles. The Morgan fingerprint density at radius 1 is 1.12 bits per heavy atom. The van der Waals surface area contributed by atoms with Crippen LogP contribution in [0.25, 0.3) is 0 Å². The Hall–Kier alpha value is -3.17. The number of hydrogen-bond acceptors (Lipinski definition) is 5. The molecule has 8 nitrogen and oxygen atoms in total. The number of sulfonamides is 1. The van der Waals surface area contributed by atoms with Gasteiger partial charge in [0.05, 0.1) is 18.0 Å². The Bertz CT molecular complexity index is 1310. The van der Waals surface area contributed by atoms with Crippen LogP contribution in [0.15, 0.2) is 75.3 Å². The first-order valence-electron chi connectivity index (χ1n) is 10.4. The van der Waals surface area contributed by atoms with Gasteiger partial charge < -0.3 is 4.74 Å². The fraction of sp³-hybridized carbons (Fsp3) is 0.304. The van der Waals surface area contributed by atoms with E-state index < -0.39 is 27.3 Å². The van der Waals surface area contributed by atoms with Crippen molar-refractivity contribution in [3.8, 4) is 5.75 Å². The molecule has 0 aliphatic heterocycles. The minimum absolute atomic E-state index is 0.128. The van der Waals surface area contributed by atoms with Gasteiger partial charge in [0.15, 0.2) is 0 Å². The molecule has 0 radical (unpaired) electrons. The Morgan fingerprint density at radius 3 is 2.56 bits per heavy atom. The molecule has 32 heavy (non-hydrogen) atoms. The monoisotopic (exact) mass is 455 g/mol. The summed E-state index contributed by atoms with van der Waals surface area (Å²) in [5.74, 6) is 1.38. The van der Waals surface area contributed by atoms with Crippen LogP contribution in [-0.2, 0) is 16.6 Å². The van der Waals surface area contributed by atoms with Gasteiger partial charge in [-0.2, -0.15) is 0 Å². The lowest BCUT2D eigenvalue weighted by Gasteiger charge is -2.16. The zero-order valence-electron chi connectivity index (χ0n) is 17.7. The van der Waals surface area contributed by atoms with E-state index in [0.29, 0.717) is 12.5 Å². The molecular weight excluding hydrogens is 430 g/mol. The molecule has 0 saturated heterocycles. The number of benzene rings is 2. The highest BCUT2D eigenvalue weighted by molar-refractivity contribution is 7.89. The third kappa shape index (κ3) is 5.54. The van der Waals surface area contributed by atoms with Gasteiger partial charge in [-0.15, -0.1) is 0 Å². The lowest BCUT2D eigenvalue weighted by atomic mass is 10.1. The number of rotatable bonds is 9. The molecule has 1 aliphatic carbocycles. The predicted molar refractivity (Wildman–Crippen MR) is 120 cm³/mol. The topological polar surface area (TPSA) is 110 Å². The molecule has 2 N–H and O–H groups in total. The van der Waals surface area contributed by atoms with Crippen molar-refractivity contribution in [2.45, 2.75) is 37.2 Å². The van der Waals surface area contributed by atoms with Gasteiger partial charge in [0.25, 0.3) is 5.56 Å². The summed E-state index contributed by atoms with van der Waals surface area (Å²) < 4.78 is 35.5. The lowest BCUT2D eigenvalue weighted by molar-refractivity contribution is 0.299. The first-order valence-corrected chi connectivity index (χ1v) is 11.9. The van der Waals surface area contributed by atoms with Gasteiger partial charge in [0.1, 0.15) is 5.75 Å². The minimum Gasteiger partial charge on any atom is -0.493 e. The fourth-order valence-corrected chi connectivity index (χ4v) is 4.51. The number of ether oxygens (including phenoxy) is 1. The second-order valence-corrected chi connectivity index (χ2v) is 9.77. The molecule has 1 atom stereocenters. The minimum atomic E-state index is -3.75. The van der Waals surface area contributed by atoms with E-state index >= 15 is 0 Å². The molecule has 2 aromatic carbocycles. The summed E-state index contributed by atoms with van der Waals surface area (Å²) in [6.45, 7) is 2.70. The largest absolute Gasteiger partial charge is 0.493 e. The van der Waals surface area contributed by atoms with Crippen molar-refractivity contribution >= 4 is 10.0 Å². The van der Waals surface area contributed by atoms with Crippen molar-refractivity contribution in [2.24, 2.45) is 5.92 Å². The van der Waals surface area contributed by atoms with E-state index in [2.05, 4.69) is 9.71 Å². The first-order chi connectivity index (χ1) is 15.3. The van der Waals surface area contributed by atoms with Gasteiger partial charge in [-0.05, 0) is 61.1 Å². The summed E-state index contributed by atoms with van der Waals surface area (Å²) in [6.07, 6.45) is 3.81. The molecule has 9 heteroatoms. The SMILES string of the molecule is C[C@@H](NS(=O)(=O)c1ccc(Cn2ccc(=O)[nH]c2=O)cc1)c1cccc(OCC2CC2)c1. The molecule has 3 aromatic rings. The van der Waals surface area contributed by atoms with Crippen molar-refractivity contribution in [1.82, 2.24) is 14.3 Å². The molecule has 1 aliphatic rings. The molecule has 168 valence electrons. The Balaban J connectivity index is 1.43. The average Bonchev–Trinajstić information content (AvgIpc) is 3.59. The van der Waals surface area contributed by atoms with Crippen LogP contribution >= 0.6 is 0 Å². The summed E-state index contributed by atoms with van der Waals surface area (Å²) in [6, 6.07) is 14.6. The summed E-state index contributed by atoms with van der Waals surface area (Å²) in [4.78, 5) is 25.3. The molecule has 1 saturated carbocycles. The van der Waals surface area contributed by atoms with E-state index in [9.17, 15) is 18.0 Å². The average molecular weight is 456 g/mol. The van der Waals surface area contributed by atoms with E-state index in [4.69, 9.17) is 4.74 Å². The maximum absolute atomic E-state index is 12.8. The van der Waals surface area contributed by atoms with Crippen LogP contribution in [0.4, 0.5) is 0 Å². The van der Waals surface area contributed by atoms with E-state index in [1.54, 1.807) is 19.1 Å². The normalized spacial score (nSPS) is 14.8. The van der Waals surface area contributed by atoms with Gasteiger partial charge in [-0.25, -0.2) is 17.9 Å². The highest BCUT2D eigenvalue weighted by Gasteiger charge is 2.22. The lowest BCUT2D eigenvalue weighted by Crippen LogP contribution is -2.29. The maximum atomic E-state index is 12.8. The molecular formula is C23H25N3O5S. The molecule has 0 amide bonds. The number of nitrogens with zero attached hydrogens (tertiary/aromatic N) is 1. The summed E-state index contributed by atoms with van der Waals surface area (Å²) in [7, 11) is -3.75. The molecule has 1 heterocycles. The van der Waals surface area contributed by atoms with E-state index in [1.807, 2.05) is 24.3 Å². The van der Waals surface area contributed by atoms with Crippen molar-refractivity contribution in [1.29, 1.82) is 0 Å². The van der Waals surface area contributed by atoms with Gasteiger partial charge in [-0.3, -0.25) is 14.3 Å². The van der Waals surface area contributed by atoms with E-state index in [-0.39, 0.29) is 11.4 Å². The van der Waals surface area contributed by atoms with Gasteiger partial charge in [-0.1, -0.05) is 24.3 Å². The van der Waals surface area contributed by atoms with Crippen LogP contribution in [0.5, 0.6) is 5.75 Å². The Kier molecular flexibility index (Phi) is 6.29. The number of H-pyrrole nitrogens is 1. The summed E-state index contributed by atoms with van der Waals surface area (Å²) in [5.41, 5.74) is 0.559. The van der Waals surface area contributed by atoms with Crippen LogP contribution in [-0.4, -0.2) is 24.6 Å². The van der Waals surface area contributed by atoms with Crippen LogP contribution in [0, 0.1) is 5.92 Å². The highest BCUT2D eigenvalue weighted by atomic mass is 32.2. The molecule has 1 fully saturated rings. The quantitative estimate of drug-likeness (QED) is 0.515. The summed E-state index contributed by atoms with van der Waals surface area (Å²) >= 11 is 0. The number of aromatic nitrogens is 2. The van der Waals surface area contributed by atoms with Crippen molar-refractivity contribution in [3.63, 3.8) is 0 Å². The van der Waals surface area contributed by atoms with Gasteiger partial charge >= 0.3 is 5.69 Å². The third-order valence-corrected chi connectivity index (χ3v) is 6.91. The van der Waals surface area contributed by atoms with Crippen molar-refractivity contribution in [3.05, 3.63) is 92.8 Å². The highest BCUT2D eigenvalue weighted by Crippen LogP contribution is 2.30. The van der Waals surface area contributed by atoms with Crippen molar-refractivity contribution in [2.75, 3.05) is 6.61 Å². The van der Waals surface area contributed by atoms with Crippen LogP contribution in [0.2, 0.25) is 0 Å². The predicted octanol–water partition coefficient (Wildman–Crippen LogP) is 2.41. The van der Waals surface area contributed by atoms with Gasteiger partial charge in [0.2, 0.25) is 10.0 Å². The molecule has 0 bridgehead atoms. The number of hydrogen-bond donors (Lipinski definition) is 2. The number of aromatic amines is 1. The zero-order valence-corrected chi connectivity index (χ0v) is 18.5. The second kappa shape index (κ2) is 9.13. The molecule has 0 spiro atoms. The zero-order chi connectivity index (χ0) is 22.7. The van der Waals surface area contributed by atoms with Crippen LogP contribution in [0.3, 0.4) is 0 Å². The van der Waals surface area contributed by atoms with E-state index in [0.717, 1.165) is 16.9 Å². The Morgan fingerprint density at radius 2 is 1.88 bits per heavy atom. The molecule has 0 unspecified atom stereocenters. The smallest absolute Gasteiger partial charge is 0.328 e. The standard InChI is InChI=1S/C23H25N3O5S/c1-16(19-3-2-4-20(13-19)31-15-18-5-6-18)25-32(29,30)21-9-7-17(8-10-21)14-26-12-11-22(27)24-23(26)28/h2-4,7-13,16,18,25H,5-6,14-15H2,1H3,(H,24,27,28)/t16-/m1/s1. The number of nitrogens with one attached hydrogen (secondary N) is 2. The van der Waals surface area contributed by atoms with Crippen molar-refractivity contribution < 1.29 is 13.2 Å². The van der Waals surface area contributed by atoms with Crippen LogP contribution in [0.1, 0.15) is 36.9 Å². The fourth-order valence-electron chi connectivity index (χ4n) is 3.28. The molecule has 4 rings (SSSR count). The third-order valence-electron chi connectivity index (χ3n) is 5.36. The van der Waals surface area contributed by atoms with Gasteiger partial charge in [0, 0.05) is 18.3 Å². The van der Waals surface area contributed by atoms with E-state index in [1.165, 1.54) is 41.8 Å².